The number of aliphatic imine (C=N–C) groups is 1. The number of nitrogens with zero attached hydrogens (tertiary/aromatic N) is 1. The van der Waals surface area contributed by atoms with Crippen molar-refractivity contribution in [3.8, 4) is 0 Å². The zero-order valence-corrected chi connectivity index (χ0v) is 108. The first-order valence-corrected chi connectivity index (χ1v) is 71.9. The quantitative estimate of drug-likeness (QED) is 0.00557. The lowest BCUT2D eigenvalue weighted by molar-refractivity contribution is 0.0702. The van der Waals surface area contributed by atoms with Gasteiger partial charge in [0, 0.05) is 321 Å². The number of carbonyl (C=O) groups excluding carboxylic acids is 1. The molecule has 0 amide bonds. The highest BCUT2D eigenvalue weighted by atomic mass is 32.1. The van der Waals surface area contributed by atoms with Crippen LogP contribution >= 0.6 is 25.3 Å². The summed E-state index contributed by atoms with van der Waals surface area (Å²) in [6.07, 6.45) is 13.8. The molecule has 882 valence electrons. The number of thiol groups is 2. The van der Waals surface area contributed by atoms with Gasteiger partial charge < -0.3 is 191 Å². The second-order valence-corrected chi connectivity index (χ2v) is 62.4. The third-order valence-corrected chi connectivity index (χ3v) is 52.5. The number of hydrogen-bond acceptors (Lipinski definition) is 46. The first kappa shape index (κ1) is 155. The number of anilines is 1. The van der Waals surface area contributed by atoms with Crippen molar-refractivity contribution < 1.29 is 152 Å². The highest BCUT2D eigenvalue weighted by Crippen LogP contribution is 2.43. The number of benzene rings is 2. The Morgan fingerprint density at radius 2 is 0.696 bits per heavy atom. The summed E-state index contributed by atoms with van der Waals surface area (Å²) in [6, 6.07) is 26.4. The van der Waals surface area contributed by atoms with Crippen LogP contribution in [0.15, 0.2) is 59.6 Å². The van der Waals surface area contributed by atoms with Crippen LogP contribution in [0.3, 0.4) is 0 Å². The van der Waals surface area contributed by atoms with Crippen LogP contribution in [0.1, 0.15) is 144 Å². The average Bonchev–Trinajstić information content (AvgIpc) is 1.65. The van der Waals surface area contributed by atoms with Crippen LogP contribution in [-0.2, 0) is 164 Å². The van der Waals surface area contributed by atoms with Gasteiger partial charge >= 0.3 is 88.0 Å². The fraction of sp³-hybridized carbons (Fsp3) is 0.859. The molecule has 56 heteroatoms. The molecule has 4 unspecified atom stereocenters. The first-order valence-electron chi connectivity index (χ1n) is 51.3. The summed E-state index contributed by atoms with van der Waals surface area (Å²) in [4.78, 5) is 13.4. The molecule has 2 heterocycles. The molecule has 1 saturated carbocycles. The Labute approximate surface area is 914 Å². The summed E-state index contributed by atoms with van der Waals surface area (Å²) in [6.45, 7) is 32.1. The van der Waals surface area contributed by atoms with E-state index in [9.17, 15) is 4.79 Å². The number of nitrogens with one attached hydrogen (secondary N) is 5. The molecule has 148 heavy (non-hydrogen) atoms. The summed E-state index contributed by atoms with van der Waals surface area (Å²) in [5, 5.41) is 15.6. The van der Waals surface area contributed by atoms with Gasteiger partial charge in [0.1, 0.15) is 6.10 Å². The molecule has 2 aromatic carbocycles. The Kier molecular flexibility index (Phi) is 106. The van der Waals surface area contributed by atoms with Crippen LogP contribution in [0.25, 0.3) is 0 Å². The van der Waals surface area contributed by atoms with Gasteiger partial charge in [-0.3, -0.25) is 5.32 Å². The van der Waals surface area contributed by atoms with Crippen molar-refractivity contribution in [2.24, 2.45) is 33.8 Å². The lowest BCUT2D eigenvalue weighted by atomic mass is 9.91. The summed E-state index contributed by atoms with van der Waals surface area (Å²) < 4.78 is 179. The largest absolute Gasteiger partial charge is 0.504 e. The zero-order valence-electron chi connectivity index (χ0n) is 96.4. The number of rotatable bonds is 82. The Morgan fingerprint density at radius 1 is 0.365 bits per heavy atom. The number of isocyanates is 1. The van der Waals surface area contributed by atoms with E-state index in [0.29, 0.717) is 142 Å². The molecule has 13 N–H and O–H groups in total. The molecular weight excluding hydrogens is 2130 g/mol. The molecule has 3 aliphatic rings. The normalized spacial score (nSPS) is 15.0. The summed E-state index contributed by atoms with van der Waals surface area (Å²) in [7, 11) is 10.3. The molecule has 2 saturated heterocycles. The number of fused-ring (bicyclic) bond motifs is 1. The smallest absolute Gasteiger partial charge is 0.385 e. The van der Waals surface area contributed by atoms with E-state index in [1.165, 1.54) is 24.5 Å². The molecule has 0 aromatic heterocycles. The maximum atomic E-state index is 9.93. The average molecular weight is 2340 g/mol. The van der Waals surface area contributed by atoms with E-state index in [1.54, 1.807) is 149 Å². The first-order chi connectivity index (χ1) is 71.4. The van der Waals surface area contributed by atoms with Gasteiger partial charge in [-0.05, 0) is 193 Å². The van der Waals surface area contributed by atoms with Crippen molar-refractivity contribution >= 4 is 125 Å². The third-order valence-electron chi connectivity index (χ3n) is 22.6. The summed E-state index contributed by atoms with van der Waals surface area (Å²) in [5.41, 5.74) is 24.9. The SMILES string of the molecule is CCO[Si](CCCN)(OCC)OCC.CCO[Si](CCCN=C=O)(OCC)OCC.CCO[Si](CCCS)(OCC)OCC.CO[Si](CC1CCC2OC2C1)(OC)OC.CO[Si](CCCNCN)(OC)OC.CO[Si](CCCNCNCN)(OC)OC.CO[Si](CCCNc1ccccc1)(OC)OC.CO[Si](CCCOCC1CO1)(OC)OC.CO[Si](CCCS)(OC)OC.CO[Si](Cc1ccc(CNCN)cc1)(OC)OC. The number of para-hydroxylation sites is 1. The predicted octanol–water partition coefficient (Wildman–Crippen LogP) is 10.9. The van der Waals surface area contributed by atoms with Crippen molar-refractivity contribution in [3.63, 3.8) is 0 Å². The zero-order chi connectivity index (χ0) is 113. The highest BCUT2D eigenvalue weighted by Gasteiger charge is 2.50. The van der Waals surface area contributed by atoms with E-state index in [-0.39, 0.29) is 0 Å². The maximum Gasteiger partial charge on any atom is 0.504 e. The van der Waals surface area contributed by atoms with Crippen LogP contribution in [-0.4, -0.2) is 412 Å². The minimum Gasteiger partial charge on any atom is -0.385 e. The third kappa shape index (κ3) is 72.8. The second kappa shape index (κ2) is 101. The fourth-order valence-electron chi connectivity index (χ4n) is 14.4. The molecule has 44 nitrogen and oxygen atoms in total. The van der Waals surface area contributed by atoms with Crippen molar-refractivity contribution in [2.45, 2.75) is 218 Å². The number of hydrogen-bond donors (Lipinski definition) is 11. The van der Waals surface area contributed by atoms with Gasteiger partial charge in [-0.25, -0.2) is 9.79 Å². The molecule has 4 atom stereocenters. The van der Waals surface area contributed by atoms with Gasteiger partial charge in [0.2, 0.25) is 6.08 Å². The Hall–Kier alpha value is -1.15. The number of ether oxygens (including phenoxy) is 3. The maximum absolute atomic E-state index is 9.93. The molecule has 5 rings (SSSR count). The van der Waals surface area contributed by atoms with Crippen molar-refractivity contribution in [2.75, 3.05) is 305 Å². The Morgan fingerprint density at radius 3 is 1.03 bits per heavy atom. The van der Waals surface area contributed by atoms with Gasteiger partial charge in [-0.1, -0.05) is 42.5 Å². The van der Waals surface area contributed by atoms with Crippen LogP contribution in [0.4, 0.5) is 5.69 Å². The van der Waals surface area contributed by atoms with E-state index in [2.05, 4.69) is 81.1 Å². The van der Waals surface area contributed by atoms with Crippen molar-refractivity contribution in [1.82, 2.24) is 21.3 Å². The van der Waals surface area contributed by atoms with Gasteiger partial charge in [0.05, 0.1) is 32.0 Å². The molecule has 0 radical (unpaired) electrons. The minimum absolute atomic E-state index is 0.333. The van der Waals surface area contributed by atoms with E-state index >= 15 is 0 Å². The van der Waals surface area contributed by atoms with Crippen LogP contribution in [0.2, 0.25) is 54.4 Å². The van der Waals surface area contributed by atoms with E-state index in [1.807, 2.05) is 92.6 Å². The van der Waals surface area contributed by atoms with E-state index in [4.69, 9.17) is 170 Å². The minimum atomic E-state index is -2.54. The Bertz CT molecular complexity index is 3080. The molecule has 1 aliphatic carbocycles. The molecule has 3 fully saturated rings. The van der Waals surface area contributed by atoms with E-state index in [0.717, 1.165) is 168 Å². The molecular formula is C92H208N10O34S2Si10. The van der Waals surface area contributed by atoms with Crippen LogP contribution in [0, 0.1) is 5.92 Å². The fourth-order valence-corrected chi connectivity index (χ4v) is 35.5. The highest BCUT2D eigenvalue weighted by molar-refractivity contribution is 7.80. The van der Waals surface area contributed by atoms with Gasteiger partial charge in [-0.15, -0.1) is 0 Å². The molecule has 0 spiro atoms. The second-order valence-electron chi connectivity index (χ2n) is 31.9. The van der Waals surface area contributed by atoms with Crippen molar-refractivity contribution in [3.05, 3.63) is 65.7 Å². The molecule has 2 aliphatic heterocycles. The summed E-state index contributed by atoms with van der Waals surface area (Å²) in [5.74, 6) is 2.33. The van der Waals surface area contributed by atoms with Gasteiger partial charge in [0.25, 0.3) is 0 Å². The standard InChI is InChI=1S/C12H22N2O3Si.C12H21NO3Si.C10H21NO4Si.C10H20O4Si.C9H23NO3Si.C9H20O5Si.C9H22O3SSi.C8H23N3O3Si.C7H20N2O3Si.C6H16O3SSi/c1-15-18(16-2,17-3)9-12-6-4-11(5-7-12)8-14-10-13;1-14-17(15-2,16-3)11-7-10-13-12-8-5-4-6-9-12;1-4-13-16(14-5-2,15-6-3)9-7-8-11-10-12;1-11-15(12-2,13-3)7-8-4-5-9-10(6-8)14-9;1-4-11-14(12-5-2,13-6-3)9-7-8-10;1-10-15(11-2,12-3)6-4-5-13-7-9-8-14-9;1-4-10-14(11-5-2,12-6-3)9-7-8-13;1-12-15(13-2,14-3)6-4-5-10-8-11-7-9;1-10-13(11-2,12-3)6-4-5-9-7-8;1-7-11(8-2,9-3)6-4-5-10/h4-7,14H,8-10,13H2,1-3H3;4-6,8-9,13H,7,10-11H2,1-3H3;4-9H2,1-3H3;8-10H,4-7H2,1-3H3;4-10H2,1-3H3;9H,4-8H2,1-3H3;13H,4-9H2,1-3H3;10-11H,4-9H2,1-3H3;9H,4-8H2,1-3H3;10H,4-6H2,1-3H3. The van der Waals surface area contributed by atoms with Crippen LogP contribution < -0.4 is 49.5 Å². The predicted molar refractivity (Wildman–Crippen MR) is 609 cm³/mol. The molecule has 2 aromatic rings. The lowest BCUT2D eigenvalue weighted by Crippen LogP contribution is -2.46. The van der Waals surface area contributed by atoms with Crippen molar-refractivity contribution in [1.29, 1.82) is 0 Å². The van der Waals surface area contributed by atoms with E-state index < -0.39 is 88.0 Å². The lowest BCUT2D eigenvalue weighted by Gasteiger charge is -2.29. The monoisotopic (exact) mass is 2340 g/mol. The topological polar surface area (TPSA) is 505 Å². The molecule has 0 bridgehead atoms. The summed E-state index contributed by atoms with van der Waals surface area (Å²) >= 11 is 8.30. The number of epoxide rings is 2. The Balaban J connectivity index is -0.000000513. The van der Waals surface area contributed by atoms with Crippen LogP contribution in [0.5, 0.6) is 0 Å². The van der Waals surface area contributed by atoms with Gasteiger partial charge in [-0.2, -0.15) is 25.3 Å². The number of nitrogens with two attached hydrogens (primary N) is 4. The van der Waals surface area contributed by atoms with Gasteiger partial charge in [0.15, 0.2) is 0 Å².